The normalized spacial score (nSPS) is 24.5. The summed E-state index contributed by atoms with van der Waals surface area (Å²) in [6.45, 7) is 11.7. The van der Waals surface area contributed by atoms with Crippen molar-refractivity contribution in [3.63, 3.8) is 0 Å². The Hall–Kier alpha value is -1.26. The first-order valence-electron chi connectivity index (χ1n) is 7.94. The van der Waals surface area contributed by atoms with Crippen molar-refractivity contribution in [2.75, 3.05) is 13.1 Å². The first-order chi connectivity index (χ1) is 9.66. The van der Waals surface area contributed by atoms with Crippen LogP contribution < -0.4 is 5.32 Å². The summed E-state index contributed by atoms with van der Waals surface area (Å²) in [5.41, 5.74) is 0.120. The van der Waals surface area contributed by atoms with Gasteiger partial charge in [0.2, 0.25) is 0 Å². The second kappa shape index (κ2) is 7.14. The highest BCUT2D eigenvalue weighted by atomic mass is 16.4. The maximum absolute atomic E-state index is 12.3. The van der Waals surface area contributed by atoms with Crippen molar-refractivity contribution in [1.29, 1.82) is 0 Å². The van der Waals surface area contributed by atoms with Crippen LogP contribution in [0.5, 0.6) is 0 Å². The second-order valence-electron chi connectivity index (χ2n) is 7.30. The van der Waals surface area contributed by atoms with Gasteiger partial charge in [-0.25, -0.2) is 9.59 Å². The number of nitrogens with one attached hydrogen (secondary N) is 1. The molecule has 0 aromatic heterocycles. The molecule has 1 aliphatic rings. The van der Waals surface area contributed by atoms with E-state index in [4.69, 9.17) is 0 Å². The van der Waals surface area contributed by atoms with Gasteiger partial charge in [-0.3, -0.25) is 0 Å². The van der Waals surface area contributed by atoms with Crippen LogP contribution in [0.3, 0.4) is 0 Å². The van der Waals surface area contributed by atoms with E-state index in [1.165, 1.54) is 4.90 Å². The number of amides is 2. The number of urea groups is 1. The summed E-state index contributed by atoms with van der Waals surface area (Å²) in [4.78, 5) is 25.2. The fourth-order valence-corrected chi connectivity index (χ4v) is 2.53. The molecule has 0 saturated carbocycles. The van der Waals surface area contributed by atoms with Crippen LogP contribution in [0.2, 0.25) is 0 Å². The first-order valence-corrected chi connectivity index (χ1v) is 7.94. The van der Waals surface area contributed by atoms with Crippen molar-refractivity contribution in [1.82, 2.24) is 10.2 Å². The molecule has 0 radical (unpaired) electrons. The third kappa shape index (κ3) is 4.90. The van der Waals surface area contributed by atoms with E-state index in [-0.39, 0.29) is 11.4 Å². The van der Waals surface area contributed by atoms with Crippen molar-refractivity contribution in [3.8, 4) is 0 Å². The van der Waals surface area contributed by atoms with E-state index >= 15 is 0 Å². The molecule has 3 atom stereocenters. The summed E-state index contributed by atoms with van der Waals surface area (Å²) in [6, 6.07) is -0.929. The lowest BCUT2D eigenvalue weighted by molar-refractivity contribution is -0.144. The number of likely N-dealkylation sites (tertiary alicyclic amines) is 1. The maximum atomic E-state index is 12.3. The Bertz CT molecular complexity index is 376. The minimum absolute atomic E-state index is 0.120. The Balaban J connectivity index is 2.61. The molecule has 5 heteroatoms. The number of carboxylic acid groups (broad SMARTS) is 1. The summed E-state index contributed by atoms with van der Waals surface area (Å²) in [6.07, 6.45) is 2.43. The molecule has 1 aliphatic heterocycles. The van der Waals surface area contributed by atoms with E-state index < -0.39 is 12.0 Å². The first kappa shape index (κ1) is 17.8. The minimum Gasteiger partial charge on any atom is -0.480 e. The van der Waals surface area contributed by atoms with Crippen LogP contribution in [0.15, 0.2) is 0 Å². The van der Waals surface area contributed by atoms with Gasteiger partial charge < -0.3 is 15.3 Å². The molecule has 1 rings (SSSR count). The van der Waals surface area contributed by atoms with E-state index in [1.807, 2.05) is 0 Å². The Morgan fingerprint density at radius 3 is 2.48 bits per heavy atom. The number of hydrogen-bond donors (Lipinski definition) is 2. The van der Waals surface area contributed by atoms with Crippen LogP contribution >= 0.6 is 0 Å². The predicted octanol–water partition coefficient (Wildman–Crippen LogP) is 2.95. The van der Waals surface area contributed by atoms with Crippen molar-refractivity contribution < 1.29 is 14.7 Å². The summed E-state index contributed by atoms with van der Waals surface area (Å²) < 4.78 is 0. The van der Waals surface area contributed by atoms with Gasteiger partial charge in [0.15, 0.2) is 0 Å². The number of carbonyl (C=O) groups excluding carboxylic acids is 1. The Morgan fingerprint density at radius 1 is 1.38 bits per heavy atom. The van der Waals surface area contributed by atoms with E-state index in [1.54, 1.807) is 0 Å². The molecule has 0 aromatic rings. The molecule has 0 aromatic carbocycles. The molecule has 0 bridgehead atoms. The van der Waals surface area contributed by atoms with Crippen LogP contribution in [0.25, 0.3) is 0 Å². The van der Waals surface area contributed by atoms with Crippen molar-refractivity contribution in [2.24, 2.45) is 17.3 Å². The van der Waals surface area contributed by atoms with Crippen molar-refractivity contribution in [2.45, 2.75) is 59.9 Å². The van der Waals surface area contributed by atoms with Gasteiger partial charge >= 0.3 is 12.0 Å². The van der Waals surface area contributed by atoms with Gasteiger partial charge in [-0.2, -0.15) is 0 Å². The largest absolute Gasteiger partial charge is 0.480 e. The smallest absolute Gasteiger partial charge is 0.326 e. The molecular weight excluding hydrogens is 268 g/mol. The van der Waals surface area contributed by atoms with Crippen molar-refractivity contribution >= 4 is 12.0 Å². The Morgan fingerprint density at radius 2 is 2.00 bits per heavy atom. The molecular formula is C16H30N2O3. The zero-order valence-corrected chi connectivity index (χ0v) is 14.0. The third-order valence-electron chi connectivity index (χ3n) is 4.87. The fraction of sp³-hybridized carbons (Fsp3) is 0.875. The van der Waals surface area contributed by atoms with Gasteiger partial charge in [0.05, 0.1) is 0 Å². The monoisotopic (exact) mass is 298 g/mol. The molecule has 1 saturated heterocycles. The SMILES string of the molecule is CCC1CCN(C(=O)NCC(C)C(C)(C)C)C(C(=O)O)C1. The minimum atomic E-state index is -0.896. The number of aliphatic carboxylic acids is 1. The number of carbonyl (C=O) groups is 2. The predicted molar refractivity (Wildman–Crippen MR) is 83.2 cm³/mol. The van der Waals surface area contributed by atoms with Crippen LogP contribution in [-0.4, -0.2) is 41.1 Å². The van der Waals surface area contributed by atoms with Crippen molar-refractivity contribution in [3.05, 3.63) is 0 Å². The van der Waals surface area contributed by atoms with Gasteiger partial charge in [-0.15, -0.1) is 0 Å². The summed E-state index contributed by atoms with van der Waals surface area (Å²) >= 11 is 0. The lowest BCUT2D eigenvalue weighted by atomic mass is 9.82. The number of nitrogens with zero attached hydrogens (tertiary/aromatic N) is 1. The summed E-state index contributed by atoms with van der Waals surface area (Å²) in [5, 5.41) is 12.3. The van der Waals surface area contributed by atoms with E-state index in [9.17, 15) is 14.7 Å². The molecule has 122 valence electrons. The highest BCUT2D eigenvalue weighted by Crippen LogP contribution is 2.27. The van der Waals surface area contributed by atoms with Gasteiger partial charge in [0.25, 0.3) is 0 Å². The lowest BCUT2D eigenvalue weighted by Gasteiger charge is -2.37. The molecule has 2 amide bonds. The molecule has 21 heavy (non-hydrogen) atoms. The number of carboxylic acids is 1. The van der Waals surface area contributed by atoms with Crippen LogP contribution in [0.4, 0.5) is 4.79 Å². The number of hydrogen-bond acceptors (Lipinski definition) is 2. The zero-order chi connectivity index (χ0) is 16.2. The van der Waals surface area contributed by atoms with E-state index in [0.29, 0.717) is 31.3 Å². The molecule has 0 aliphatic carbocycles. The van der Waals surface area contributed by atoms with Gasteiger partial charge in [0.1, 0.15) is 6.04 Å². The Labute approximate surface area is 128 Å². The quantitative estimate of drug-likeness (QED) is 0.838. The number of piperidine rings is 1. The van der Waals surface area contributed by atoms with Crippen LogP contribution in [0, 0.1) is 17.3 Å². The molecule has 3 unspecified atom stereocenters. The molecule has 1 heterocycles. The fourth-order valence-electron chi connectivity index (χ4n) is 2.53. The van der Waals surface area contributed by atoms with Gasteiger partial charge in [-0.05, 0) is 30.1 Å². The Kier molecular flexibility index (Phi) is 6.05. The molecule has 0 spiro atoms. The van der Waals surface area contributed by atoms with Crippen LogP contribution in [-0.2, 0) is 4.79 Å². The highest BCUT2D eigenvalue weighted by molar-refractivity contribution is 5.82. The molecule has 1 fully saturated rings. The second-order valence-corrected chi connectivity index (χ2v) is 7.30. The zero-order valence-electron chi connectivity index (χ0n) is 14.0. The molecule has 5 nitrogen and oxygen atoms in total. The maximum Gasteiger partial charge on any atom is 0.326 e. The topological polar surface area (TPSA) is 69.6 Å². The number of rotatable bonds is 4. The van der Waals surface area contributed by atoms with Gasteiger partial charge in [-0.1, -0.05) is 41.0 Å². The van der Waals surface area contributed by atoms with Crippen LogP contribution in [0.1, 0.15) is 53.9 Å². The average molecular weight is 298 g/mol. The standard InChI is InChI=1S/C16H30N2O3/c1-6-12-7-8-18(13(9-12)14(19)20)15(21)17-10-11(2)16(3,4)5/h11-13H,6-10H2,1-5H3,(H,17,21)(H,19,20). The third-order valence-corrected chi connectivity index (χ3v) is 4.87. The average Bonchev–Trinajstić information content (AvgIpc) is 2.42. The van der Waals surface area contributed by atoms with Gasteiger partial charge in [0, 0.05) is 13.1 Å². The summed E-state index contributed by atoms with van der Waals surface area (Å²) in [7, 11) is 0. The summed E-state index contributed by atoms with van der Waals surface area (Å²) in [5.74, 6) is -0.159. The molecule has 2 N–H and O–H groups in total. The van der Waals surface area contributed by atoms with E-state index in [0.717, 1.165) is 12.8 Å². The highest BCUT2D eigenvalue weighted by Gasteiger charge is 2.35. The van der Waals surface area contributed by atoms with E-state index in [2.05, 4.69) is 39.9 Å². The lowest BCUT2D eigenvalue weighted by Crippen LogP contribution is -2.54.